The second kappa shape index (κ2) is 8.61. The Morgan fingerprint density at radius 2 is 1.95 bits per heavy atom. The van der Waals surface area contributed by atoms with Crippen molar-refractivity contribution in [1.29, 1.82) is 0 Å². The van der Waals surface area contributed by atoms with Gasteiger partial charge in [0.15, 0.2) is 0 Å². The molecular formula is C14H24N2O5. The summed E-state index contributed by atoms with van der Waals surface area (Å²) in [6.45, 7) is 4.63. The zero-order chi connectivity index (χ0) is 15.8. The fourth-order valence-electron chi connectivity index (χ4n) is 2.33. The fourth-order valence-corrected chi connectivity index (χ4v) is 2.33. The van der Waals surface area contributed by atoms with Gasteiger partial charge in [0.25, 0.3) is 0 Å². The van der Waals surface area contributed by atoms with Gasteiger partial charge in [0.2, 0.25) is 11.8 Å². The maximum absolute atomic E-state index is 12.3. The highest BCUT2D eigenvalue weighted by atomic mass is 16.5. The predicted molar refractivity (Wildman–Crippen MR) is 75.7 cm³/mol. The maximum Gasteiger partial charge on any atom is 0.326 e. The minimum absolute atomic E-state index is 0.179. The SMILES string of the molecule is CC(=O)NCCN(C(=O)CC1CCOCC1)C(C)C(=O)O. The Balaban J connectivity index is 2.58. The second-order valence-corrected chi connectivity index (χ2v) is 5.34. The van der Waals surface area contributed by atoms with E-state index in [4.69, 9.17) is 9.84 Å². The summed E-state index contributed by atoms with van der Waals surface area (Å²) in [6, 6.07) is -0.897. The van der Waals surface area contributed by atoms with Gasteiger partial charge < -0.3 is 20.1 Å². The number of hydrogen-bond acceptors (Lipinski definition) is 4. The molecular weight excluding hydrogens is 276 g/mol. The lowest BCUT2D eigenvalue weighted by Crippen LogP contribution is -2.47. The van der Waals surface area contributed by atoms with E-state index in [9.17, 15) is 14.4 Å². The minimum atomic E-state index is -1.04. The number of hydrogen-bond donors (Lipinski definition) is 2. The third-order valence-electron chi connectivity index (χ3n) is 3.68. The Labute approximate surface area is 124 Å². The molecule has 1 saturated heterocycles. The summed E-state index contributed by atoms with van der Waals surface area (Å²) in [6.07, 6.45) is 1.99. The van der Waals surface area contributed by atoms with Crippen LogP contribution in [0.3, 0.4) is 0 Å². The molecule has 0 bridgehead atoms. The fraction of sp³-hybridized carbons (Fsp3) is 0.786. The van der Waals surface area contributed by atoms with Crippen LogP contribution in [0.5, 0.6) is 0 Å². The molecule has 0 aliphatic carbocycles. The molecule has 1 aliphatic rings. The Morgan fingerprint density at radius 3 is 2.48 bits per heavy atom. The van der Waals surface area contributed by atoms with Crippen molar-refractivity contribution in [1.82, 2.24) is 10.2 Å². The Bertz CT molecular complexity index is 380. The summed E-state index contributed by atoms with van der Waals surface area (Å²) >= 11 is 0. The quantitative estimate of drug-likeness (QED) is 0.702. The number of nitrogens with zero attached hydrogens (tertiary/aromatic N) is 1. The molecule has 2 amide bonds. The zero-order valence-corrected chi connectivity index (χ0v) is 12.6. The Hall–Kier alpha value is -1.63. The highest BCUT2D eigenvalue weighted by Crippen LogP contribution is 2.20. The van der Waals surface area contributed by atoms with Crippen LogP contribution in [0.15, 0.2) is 0 Å². The summed E-state index contributed by atoms with van der Waals surface area (Å²) < 4.78 is 5.25. The maximum atomic E-state index is 12.3. The smallest absolute Gasteiger partial charge is 0.326 e. The lowest BCUT2D eigenvalue weighted by atomic mass is 9.95. The lowest BCUT2D eigenvalue weighted by molar-refractivity contribution is -0.150. The van der Waals surface area contributed by atoms with Crippen LogP contribution in [-0.2, 0) is 19.1 Å². The number of carbonyl (C=O) groups excluding carboxylic acids is 2. The van der Waals surface area contributed by atoms with Gasteiger partial charge >= 0.3 is 5.97 Å². The van der Waals surface area contributed by atoms with Crippen molar-refractivity contribution in [2.24, 2.45) is 5.92 Å². The molecule has 0 aromatic rings. The largest absolute Gasteiger partial charge is 0.480 e. The molecule has 120 valence electrons. The number of carbonyl (C=O) groups is 3. The van der Waals surface area contributed by atoms with Gasteiger partial charge in [-0.15, -0.1) is 0 Å². The van der Waals surface area contributed by atoms with Crippen molar-refractivity contribution in [2.75, 3.05) is 26.3 Å². The molecule has 7 nitrogen and oxygen atoms in total. The molecule has 1 heterocycles. The van der Waals surface area contributed by atoms with Crippen LogP contribution in [0, 0.1) is 5.92 Å². The number of carboxylic acids is 1. The first kappa shape index (κ1) is 17.4. The summed E-state index contributed by atoms with van der Waals surface area (Å²) in [5.74, 6) is -1.18. The van der Waals surface area contributed by atoms with Crippen LogP contribution in [-0.4, -0.2) is 60.1 Å². The van der Waals surface area contributed by atoms with E-state index < -0.39 is 12.0 Å². The number of carboxylic acid groups (broad SMARTS) is 1. The van der Waals surface area contributed by atoms with Gasteiger partial charge in [-0.1, -0.05) is 0 Å². The van der Waals surface area contributed by atoms with Crippen molar-refractivity contribution >= 4 is 17.8 Å². The predicted octanol–water partition coefficient (Wildman–Crippen LogP) is 0.241. The van der Waals surface area contributed by atoms with E-state index in [0.717, 1.165) is 12.8 Å². The van der Waals surface area contributed by atoms with Crippen LogP contribution in [0.25, 0.3) is 0 Å². The molecule has 1 rings (SSSR count). The average molecular weight is 300 g/mol. The normalized spacial score (nSPS) is 17.0. The van der Waals surface area contributed by atoms with Gasteiger partial charge in [0.1, 0.15) is 6.04 Å². The van der Waals surface area contributed by atoms with E-state index in [2.05, 4.69) is 5.32 Å². The number of amides is 2. The van der Waals surface area contributed by atoms with Gasteiger partial charge in [-0.2, -0.15) is 0 Å². The van der Waals surface area contributed by atoms with Crippen LogP contribution < -0.4 is 5.32 Å². The molecule has 1 unspecified atom stereocenters. The monoisotopic (exact) mass is 300 g/mol. The van der Waals surface area contributed by atoms with E-state index >= 15 is 0 Å². The highest BCUT2D eigenvalue weighted by Gasteiger charge is 2.27. The van der Waals surface area contributed by atoms with E-state index in [-0.39, 0.29) is 30.8 Å². The summed E-state index contributed by atoms with van der Waals surface area (Å²) in [5, 5.41) is 11.7. The average Bonchev–Trinajstić information content (AvgIpc) is 2.43. The van der Waals surface area contributed by atoms with E-state index in [1.54, 1.807) is 0 Å². The lowest BCUT2D eigenvalue weighted by Gasteiger charge is -2.29. The van der Waals surface area contributed by atoms with Crippen LogP contribution in [0.4, 0.5) is 0 Å². The molecule has 0 aromatic carbocycles. The molecule has 0 aromatic heterocycles. The topological polar surface area (TPSA) is 95.9 Å². The molecule has 1 atom stereocenters. The van der Waals surface area contributed by atoms with Crippen molar-refractivity contribution < 1.29 is 24.2 Å². The number of rotatable bonds is 7. The molecule has 21 heavy (non-hydrogen) atoms. The van der Waals surface area contributed by atoms with Crippen LogP contribution >= 0.6 is 0 Å². The minimum Gasteiger partial charge on any atom is -0.480 e. The van der Waals surface area contributed by atoms with Gasteiger partial charge in [0.05, 0.1) is 0 Å². The zero-order valence-electron chi connectivity index (χ0n) is 12.6. The van der Waals surface area contributed by atoms with Crippen LogP contribution in [0.2, 0.25) is 0 Å². The third-order valence-corrected chi connectivity index (χ3v) is 3.68. The highest BCUT2D eigenvalue weighted by molar-refractivity contribution is 5.83. The molecule has 1 fully saturated rings. The molecule has 0 spiro atoms. The van der Waals surface area contributed by atoms with Gasteiger partial charge in [-0.3, -0.25) is 9.59 Å². The first-order valence-corrected chi connectivity index (χ1v) is 7.26. The van der Waals surface area contributed by atoms with Crippen LogP contribution in [0.1, 0.15) is 33.1 Å². The Morgan fingerprint density at radius 1 is 1.33 bits per heavy atom. The summed E-state index contributed by atoms with van der Waals surface area (Å²) in [5.41, 5.74) is 0. The number of nitrogens with one attached hydrogen (secondary N) is 1. The summed E-state index contributed by atoms with van der Waals surface area (Å²) in [7, 11) is 0. The van der Waals surface area contributed by atoms with Crippen molar-refractivity contribution in [3.8, 4) is 0 Å². The van der Waals surface area contributed by atoms with Gasteiger partial charge in [0, 0.05) is 39.6 Å². The molecule has 7 heteroatoms. The first-order valence-electron chi connectivity index (χ1n) is 7.26. The molecule has 2 N–H and O–H groups in total. The summed E-state index contributed by atoms with van der Waals surface area (Å²) in [4.78, 5) is 35.7. The first-order chi connectivity index (χ1) is 9.91. The molecule has 1 aliphatic heterocycles. The molecule has 0 radical (unpaired) electrons. The van der Waals surface area contributed by atoms with Crippen molar-refractivity contribution in [3.63, 3.8) is 0 Å². The number of ether oxygens (including phenoxy) is 1. The van der Waals surface area contributed by atoms with E-state index in [0.29, 0.717) is 19.6 Å². The third kappa shape index (κ3) is 6.12. The Kier molecular flexibility index (Phi) is 7.14. The second-order valence-electron chi connectivity index (χ2n) is 5.34. The van der Waals surface area contributed by atoms with E-state index in [1.807, 2.05) is 0 Å². The van der Waals surface area contributed by atoms with Gasteiger partial charge in [-0.25, -0.2) is 4.79 Å². The van der Waals surface area contributed by atoms with Crippen molar-refractivity contribution in [3.05, 3.63) is 0 Å². The van der Waals surface area contributed by atoms with Crippen molar-refractivity contribution in [2.45, 2.75) is 39.2 Å². The van der Waals surface area contributed by atoms with Gasteiger partial charge in [-0.05, 0) is 25.7 Å². The standard InChI is InChI=1S/C14H24N2O5/c1-10(14(19)20)16(6-5-15-11(2)17)13(18)9-12-3-7-21-8-4-12/h10,12H,3-9H2,1-2H3,(H,15,17)(H,19,20). The number of aliphatic carboxylic acids is 1. The van der Waals surface area contributed by atoms with E-state index in [1.165, 1.54) is 18.7 Å². The molecule has 0 saturated carbocycles.